The highest BCUT2D eigenvalue weighted by atomic mass is 16.8. The molecule has 10 unspecified atom stereocenters. The Labute approximate surface area is 295 Å². The summed E-state index contributed by atoms with van der Waals surface area (Å²) in [4.78, 5) is 87.7. The lowest BCUT2D eigenvalue weighted by molar-refractivity contribution is -0.357. The Kier molecular flexibility index (Phi) is 18.2. The largest absolute Gasteiger partial charge is 0.463 e. The van der Waals surface area contributed by atoms with Crippen molar-refractivity contribution in [2.75, 3.05) is 13.2 Å². The van der Waals surface area contributed by atoms with Gasteiger partial charge in [-0.05, 0) is 0 Å². The monoisotopic (exact) mass is 734 g/mol. The molecule has 18 nitrogen and oxygen atoms in total. The molecule has 2 fully saturated rings. The summed E-state index contributed by atoms with van der Waals surface area (Å²) < 4.78 is 56.8. The topological polar surface area (TPSA) is 232 Å². The number of carbonyl (C=O) groups is 7. The molecule has 2 rings (SSSR count). The minimum atomic E-state index is -1.90. The van der Waals surface area contributed by atoms with E-state index in [0.29, 0.717) is 0 Å². The molecule has 2 heterocycles. The van der Waals surface area contributed by atoms with Crippen LogP contribution in [-0.2, 0) is 80.9 Å². The van der Waals surface area contributed by atoms with Crippen LogP contribution in [0.15, 0.2) is 0 Å². The summed E-state index contributed by atoms with van der Waals surface area (Å²) in [7, 11) is 0. The summed E-state index contributed by atoms with van der Waals surface area (Å²) >= 11 is 0. The van der Waals surface area contributed by atoms with Crippen LogP contribution in [0.1, 0.15) is 93.4 Å². The van der Waals surface area contributed by atoms with Crippen molar-refractivity contribution in [3.8, 4) is 0 Å². The maximum Gasteiger partial charge on any atom is 0.306 e. The second-order valence-electron chi connectivity index (χ2n) is 11.3. The lowest BCUT2D eigenvalue weighted by Gasteiger charge is -2.48. The zero-order valence-electron chi connectivity index (χ0n) is 30.0. The molecular formula is C33H50O18. The normalized spacial score (nSPS) is 28.8. The minimum Gasteiger partial charge on any atom is -0.463 e. The van der Waals surface area contributed by atoms with E-state index < -0.39 is 116 Å². The number of aliphatic hydroxyl groups is 1. The van der Waals surface area contributed by atoms with E-state index in [1.165, 1.54) is 41.5 Å². The maximum absolute atomic E-state index is 12.8. The zero-order chi connectivity index (χ0) is 38.2. The first-order valence-corrected chi connectivity index (χ1v) is 17.2. The quantitative estimate of drug-likeness (QED) is 0.155. The third-order valence-corrected chi connectivity index (χ3v) is 7.67. The molecule has 2 aliphatic heterocycles. The number of hydrogen-bond donors (Lipinski definition) is 1. The standard InChI is InChI=1S/C33H50O18/c1-8-19(34)42-15-17-27(28(47-22(37)11-4)30(32(41)44-17)49-24(39)13-6)51-33-31(50-25(40)14-7)29(48-23(38)12-5)26(46-21(36)10-3)18(45-33)16-43-20(35)9-2/h17-18,26-33,41H,8-16H2,1-7H3. The SMILES string of the molecule is CCC(=O)OCC1OC(O)C(OC(=O)CC)C(OC(=O)CC)C1OC1OC(COC(=O)CC)C(OC(=O)CC)C(OC(=O)CC)C1OC(=O)CC. The van der Waals surface area contributed by atoms with Crippen LogP contribution in [0.4, 0.5) is 0 Å². The van der Waals surface area contributed by atoms with E-state index in [1.54, 1.807) is 6.92 Å². The highest BCUT2D eigenvalue weighted by Crippen LogP contribution is 2.35. The highest BCUT2D eigenvalue weighted by molar-refractivity contribution is 5.72. The van der Waals surface area contributed by atoms with Gasteiger partial charge in [0.1, 0.15) is 31.5 Å². The zero-order valence-corrected chi connectivity index (χ0v) is 30.0. The average Bonchev–Trinajstić information content (AvgIpc) is 3.13. The lowest BCUT2D eigenvalue weighted by atomic mass is 9.96. The van der Waals surface area contributed by atoms with Gasteiger partial charge in [-0.25, -0.2) is 0 Å². The van der Waals surface area contributed by atoms with Crippen molar-refractivity contribution < 1.29 is 86.0 Å². The molecule has 51 heavy (non-hydrogen) atoms. The predicted octanol–water partition coefficient (Wildman–Crippen LogP) is 1.33. The van der Waals surface area contributed by atoms with Gasteiger partial charge in [0.25, 0.3) is 0 Å². The maximum atomic E-state index is 12.8. The third kappa shape index (κ3) is 12.7. The molecule has 0 bridgehead atoms. The fourth-order valence-corrected chi connectivity index (χ4v) is 4.86. The molecule has 0 aromatic heterocycles. The van der Waals surface area contributed by atoms with Gasteiger partial charge in [-0.3, -0.25) is 33.6 Å². The second-order valence-corrected chi connectivity index (χ2v) is 11.3. The van der Waals surface area contributed by atoms with E-state index in [4.69, 9.17) is 47.4 Å². The summed E-state index contributed by atoms with van der Waals surface area (Å²) in [5.41, 5.74) is 0. The van der Waals surface area contributed by atoms with Crippen LogP contribution in [0, 0.1) is 0 Å². The summed E-state index contributed by atoms with van der Waals surface area (Å²) in [5, 5.41) is 10.9. The number of carbonyl (C=O) groups excluding carboxylic acids is 7. The molecule has 0 aromatic rings. The van der Waals surface area contributed by atoms with Crippen molar-refractivity contribution >= 4 is 41.8 Å². The summed E-state index contributed by atoms with van der Waals surface area (Å²) in [5.74, 6) is -5.31. The number of esters is 7. The van der Waals surface area contributed by atoms with Crippen LogP contribution in [-0.4, -0.2) is 122 Å². The van der Waals surface area contributed by atoms with Crippen molar-refractivity contribution in [2.24, 2.45) is 0 Å². The van der Waals surface area contributed by atoms with E-state index in [-0.39, 0.29) is 44.9 Å². The van der Waals surface area contributed by atoms with Gasteiger partial charge < -0.3 is 52.5 Å². The van der Waals surface area contributed by atoms with Gasteiger partial charge >= 0.3 is 41.8 Å². The Bertz CT molecular complexity index is 1200. The highest BCUT2D eigenvalue weighted by Gasteiger charge is 2.57. The Morgan fingerprint density at radius 3 is 1.18 bits per heavy atom. The predicted molar refractivity (Wildman–Crippen MR) is 168 cm³/mol. The van der Waals surface area contributed by atoms with Crippen LogP contribution in [0.25, 0.3) is 0 Å². The number of rotatable bonds is 18. The van der Waals surface area contributed by atoms with Gasteiger partial charge in [0, 0.05) is 44.9 Å². The molecule has 290 valence electrons. The van der Waals surface area contributed by atoms with Crippen LogP contribution in [0.3, 0.4) is 0 Å². The molecule has 2 aliphatic rings. The molecule has 0 aromatic carbocycles. The second kappa shape index (κ2) is 21.5. The Morgan fingerprint density at radius 1 is 0.431 bits per heavy atom. The van der Waals surface area contributed by atoms with Crippen molar-refractivity contribution in [3.05, 3.63) is 0 Å². The number of hydrogen-bond acceptors (Lipinski definition) is 18. The molecule has 2 saturated heterocycles. The van der Waals surface area contributed by atoms with Gasteiger partial charge in [0.05, 0.1) is 0 Å². The molecule has 0 saturated carbocycles. The van der Waals surface area contributed by atoms with Crippen LogP contribution >= 0.6 is 0 Å². The van der Waals surface area contributed by atoms with E-state index in [0.717, 1.165) is 0 Å². The number of ether oxygens (including phenoxy) is 10. The van der Waals surface area contributed by atoms with E-state index in [9.17, 15) is 38.7 Å². The smallest absolute Gasteiger partial charge is 0.306 e. The van der Waals surface area contributed by atoms with Crippen molar-refractivity contribution in [2.45, 2.75) is 155 Å². The van der Waals surface area contributed by atoms with Gasteiger partial charge in [0.15, 0.2) is 43.1 Å². The molecule has 18 heteroatoms. The Hall–Kier alpha value is -3.87. The fourth-order valence-electron chi connectivity index (χ4n) is 4.86. The fraction of sp³-hybridized carbons (Fsp3) is 0.788. The Balaban J connectivity index is 2.77. The first-order valence-electron chi connectivity index (χ1n) is 17.2. The van der Waals surface area contributed by atoms with Gasteiger partial charge in [-0.1, -0.05) is 48.5 Å². The van der Waals surface area contributed by atoms with Gasteiger partial charge in [-0.15, -0.1) is 0 Å². The molecule has 10 atom stereocenters. The average molecular weight is 735 g/mol. The van der Waals surface area contributed by atoms with Gasteiger partial charge in [-0.2, -0.15) is 0 Å². The van der Waals surface area contributed by atoms with Crippen LogP contribution in [0.2, 0.25) is 0 Å². The molecule has 0 amide bonds. The van der Waals surface area contributed by atoms with Gasteiger partial charge in [0.2, 0.25) is 0 Å². The third-order valence-electron chi connectivity index (χ3n) is 7.67. The van der Waals surface area contributed by atoms with Crippen molar-refractivity contribution in [3.63, 3.8) is 0 Å². The lowest BCUT2D eigenvalue weighted by Crippen LogP contribution is -2.67. The first-order chi connectivity index (χ1) is 24.3. The van der Waals surface area contributed by atoms with Crippen LogP contribution < -0.4 is 0 Å². The summed E-state index contributed by atoms with van der Waals surface area (Å²) in [6, 6.07) is 0. The number of aliphatic hydroxyl groups excluding tert-OH is 1. The molecule has 1 N–H and O–H groups in total. The Morgan fingerprint density at radius 2 is 0.765 bits per heavy atom. The van der Waals surface area contributed by atoms with E-state index in [1.807, 2.05) is 0 Å². The first kappa shape index (κ1) is 43.3. The van der Waals surface area contributed by atoms with E-state index >= 15 is 0 Å². The minimum absolute atomic E-state index is 0.0285. The molecule has 0 spiro atoms. The summed E-state index contributed by atoms with van der Waals surface area (Å²) in [6.07, 6.45) is -17.1. The molecule has 0 aliphatic carbocycles. The molecule has 0 radical (unpaired) electrons. The van der Waals surface area contributed by atoms with E-state index in [2.05, 4.69) is 0 Å². The summed E-state index contributed by atoms with van der Waals surface area (Å²) in [6.45, 7) is 9.41. The van der Waals surface area contributed by atoms with Crippen LogP contribution in [0.5, 0.6) is 0 Å². The molecular weight excluding hydrogens is 684 g/mol. The van der Waals surface area contributed by atoms with Crippen molar-refractivity contribution in [1.82, 2.24) is 0 Å². The van der Waals surface area contributed by atoms with Crippen molar-refractivity contribution in [1.29, 1.82) is 0 Å².